The van der Waals surface area contributed by atoms with Gasteiger partial charge in [0.15, 0.2) is 5.13 Å². The van der Waals surface area contributed by atoms with Crippen LogP contribution >= 0.6 is 23.7 Å². The van der Waals surface area contributed by atoms with Crippen LogP contribution in [0.3, 0.4) is 0 Å². The highest BCUT2D eigenvalue weighted by molar-refractivity contribution is 7.15. The molecule has 6 heteroatoms. The van der Waals surface area contributed by atoms with Crippen LogP contribution in [0.15, 0.2) is 30.5 Å². The van der Waals surface area contributed by atoms with Crippen molar-refractivity contribution >= 4 is 34.6 Å². The first-order valence-electron chi connectivity index (χ1n) is 5.84. The normalized spacial score (nSPS) is 9.79. The average molecular weight is 300 g/mol. The number of nitrogen functional groups attached to an aromatic ring is 1. The Hall–Kier alpha value is -1.46. The van der Waals surface area contributed by atoms with Gasteiger partial charge in [-0.25, -0.2) is 4.98 Å². The molecule has 2 N–H and O–H groups in total. The minimum absolute atomic E-state index is 0. The summed E-state index contributed by atoms with van der Waals surface area (Å²) in [7, 11) is 2.04. The molecule has 1 aromatic heterocycles. The van der Waals surface area contributed by atoms with Crippen LogP contribution in [0.4, 0.5) is 10.8 Å². The molecule has 0 spiro atoms. The molecule has 2 rings (SSSR count). The van der Waals surface area contributed by atoms with E-state index in [1.165, 1.54) is 11.3 Å². The fourth-order valence-electron chi connectivity index (χ4n) is 1.76. The molecule has 0 bridgehead atoms. The van der Waals surface area contributed by atoms with E-state index < -0.39 is 0 Å². The summed E-state index contributed by atoms with van der Waals surface area (Å²) in [4.78, 5) is 7.34. The van der Waals surface area contributed by atoms with Crippen molar-refractivity contribution < 1.29 is 4.74 Å². The Labute approximate surface area is 123 Å². The monoisotopic (exact) mass is 299 g/mol. The van der Waals surface area contributed by atoms with Crippen molar-refractivity contribution in [1.29, 1.82) is 0 Å². The second-order valence-corrected chi connectivity index (χ2v) is 5.07. The van der Waals surface area contributed by atoms with Crippen LogP contribution in [0, 0.1) is 0 Å². The molecule has 1 aromatic carbocycles. The molecule has 2 aromatic rings. The summed E-state index contributed by atoms with van der Waals surface area (Å²) in [5.74, 6) is 0.903. The van der Waals surface area contributed by atoms with Gasteiger partial charge in [-0.1, -0.05) is 12.1 Å². The number of nitrogens with two attached hydrogens (primary N) is 1. The lowest BCUT2D eigenvalue weighted by atomic mass is 10.2. The van der Waals surface area contributed by atoms with Gasteiger partial charge in [0.05, 0.1) is 18.8 Å². The van der Waals surface area contributed by atoms with Gasteiger partial charge in [-0.05, 0) is 19.1 Å². The molecule has 0 saturated carbocycles. The van der Waals surface area contributed by atoms with E-state index in [1.807, 2.05) is 38.4 Å². The van der Waals surface area contributed by atoms with Crippen molar-refractivity contribution in [2.45, 2.75) is 13.5 Å². The van der Waals surface area contributed by atoms with Crippen LogP contribution in [0.2, 0.25) is 0 Å². The molecule has 0 aliphatic carbocycles. The maximum absolute atomic E-state index is 5.63. The third kappa shape index (κ3) is 4.01. The van der Waals surface area contributed by atoms with Crippen molar-refractivity contribution in [1.82, 2.24) is 4.98 Å². The minimum atomic E-state index is 0. The Morgan fingerprint density at radius 1 is 1.37 bits per heavy atom. The smallest absolute Gasteiger partial charge is 0.180 e. The summed E-state index contributed by atoms with van der Waals surface area (Å²) in [5.41, 5.74) is 6.71. The van der Waals surface area contributed by atoms with E-state index in [0.717, 1.165) is 22.9 Å². The van der Waals surface area contributed by atoms with Crippen LogP contribution < -0.4 is 15.4 Å². The van der Waals surface area contributed by atoms with Gasteiger partial charge in [-0.15, -0.1) is 23.7 Å². The van der Waals surface area contributed by atoms with E-state index >= 15 is 0 Å². The maximum atomic E-state index is 5.63. The summed E-state index contributed by atoms with van der Waals surface area (Å²) in [5, 5.41) is 0.608. The number of nitrogens with zero attached hydrogens (tertiary/aromatic N) is 2. The van der Waals surface area contributed by atoms with Crippen LogP contribution in [-0.2, 0) is 6.54 Å². The Kier molecular flexibility index (Phi) is 5.92. The van der Waals surface area contributed by atoms with Crippen molar-refractivity contribution in [2.75, 3.05) is 24.3 Å². The predicted molar refractivity (Wildman–Crippen MR) is 83.5 cm³/mol. The lowest BCUT2D eigenvalue weighted by Gasteiger charge is -2.21. The summed E-state index contributed by atoms with van der Waals surface area (Å²) < 4.78 is 5.62. The number of halogens is 1. The van der Waals surface area contributed by atoms with Gasteiger partial charge in [0.1, 0.15) is 5.75 Å². The lowest BCUT2D eigenvalue weighted by Crippen LogP contribution is -2.16. The zero-order valence-electron chi connectivity index (χ0n) is 11.0. The Bertz CT molecular complexity index is 518. The highest BCUT2D eigenvalue weighted by Gasteiger charge is 2.09. The molecule has 0 atom stereocenters. The number of hydrogen-bond acceptors (Lipinski definition) is 5. The van der Waals surface area contributed by atoms with Gasteiger partial charge in [0.25, 0.3) is 0 Å². The zero-order valence-corrected chi connectivity index (χ0v) is 12.6. The number of thiazole rings is 1. The summed E-state index contributed by atoms with van der Waals surface area (Å²) in [6, 6.07) is 8.02. The SMILES string of the molecule is CCOc1ccccc1N(C)Cc1cnc(N)s1.Cl. The molecule has 1 heterocycles. The number of para-hydroxylation sites is 2. The third-order valence-electron chi connectivity index (χ3n) is 2.54. The number of ether oxygens (including phenoxy) is 1. The lowest BCUT2D eigenvalue weighted by molar-refractivity contribution is 0.340. The quantitative estimate of drug-likeness (QED) is 0.921. The van der Waals surface area contributed by atoms with Gasteiger partial charge >= 0.3 is 0 Å². The molecule has 0 aliphatic rings. The molecule has 4 nitrogen and oxygen atoms in total. The molecule has 0 amide bonds. The number of hydrogen-bond donors (Lipinski definition) is 1. The minimum Gasteiger partial charge on any atom is -0.492 e. The van der Waals surface area contributed by atoms with Gasteiger partial charge < -0.3 is 15.4 Å². The first-order valence-corrected chi connectivity index (χ1v) is 6.65. The van der Waals surface area contributed by atoms with Crippen molar-refractivity contribution in [2.24, 2.45) is 0 Å². The number of benzene rings is 1. The van der Waals surface area contributed by atoms with Crippen LogP contribution in [0.1, 0.15) is 11.8 Å². The van der Waals surface area contributed by atoms with E-state index in [0.29, 0.717) is 11.7 Å². The van der Waals surface area contributed by atoms with E-state index in [9.17, 15) is 0 Å². The molecular formula is C13H18ClN3OS. The van der Waals surface area contributed by atoms with E-state index in [4.69, 9.17) is 10.5 Å². The Morgan fingerprint density at radius 3 is 2.74 bits per heavy atom. The van der Waals surface area contributed by atoms with E-state index in [1.54, 1.807) is 0 Å². The fourth-order valence-corrected chi connectivity index (χ4v) is 2.50. The van der Waals surface area contributed by atoms with E-state index in [-0.39, 0.29) is 12.4 Å². The topological polar surface area (TPSA) is 51.4 Å². The summed E-state index contributed by atoms with van der Waals surface area (Å²) in [6.45, 7) is 3.43. The molecule has 0 radical (unpaired) electrons. The van der Waals surface area contributed by atoms with Gasteiger partial charge in [0.2, 0.25) is 0 Å². The van der Waals surface area contributed by atoms with Crippen LogP contribution in [0.5, 0.6) is 5.75 Å². The largest absolute Gasteiger partial charge is 0.492 e. The second kappa shape index (κ2) is 7.21. The van der Waals surface area contributed by atoms with Crippen molar-refractivity contribution in [3.8, 4) is 5.75 Å². The first kappa shape index (κ1) is 15.6. The van der Waals surface area contributed by atoms with Crippen LogP contribution in [-0.4, -0.2) is 18.6 Å². The summed E-state index contributed by atoms with van der Waals surface area (Å²) in [6.07, 6.45) is 1.82. The number of aromatic nitrogens is 1. The third-order valence-corrected chi connectivity index (χ3v) is 3.35. The average Bonchev–Trinajstić information content (AvgIpc) is 2.76. The Morgan fingerprint density at radius 2 is 2.11 bits per heavy atom. The van der Waals surface area contributed by atoms with Gasteiger partial charge in [-0.2, -0.15) is 0 Å². The highest BCUT2D eigenvalue weighted by Crippen LogP contribution is 2.29. The molecule has 19 heavy (non-hydrogen) atoms. The standard InChI is InChI=1S/C13H17N3OS.ClH/c1-3-17-12-7-5-4-6-11(12)16(2)9-10-8-15-13(14)18-10;/h4-8H,3,9H2,1-2H3,(H2,14,15);1H. The molecular weight excluding hydrogens is 282 g/mol. The van der Waals surface area contributed by atoms with E-state index in [2.05, 4.69) is 16.0 Å². The predicted octanol–water partition coefficient (Wildman–Crippen LogP) is 3.18. The highest BCUT2D eigenvalue weighted by atomic mass is 35.5. The fraction of sp³-hybridized carbons (Fsp3) is 0.308. The van der Waals surface area contributed by atoms with Gasteiger partial charge in [0, 0.05) is 18.1 Å². The summed E-state index contributed by atoms with van der Waals surface area (Å²) >= 11 is 1.51. The Balaban J connectivity index is 0.00000180. The number of rotatable bonds is 5. The maximum Gasteiger partial charge on any atom is 0.180 e. The molecule has 0 saturated heterocycles. The van der Waals surface area contributed by atoms with Crippen molar-refractivity contribution in [3.05, 3.63) is 35.3 Å². The first-order chi connectivity index (χ1) is 8.70. The van der Waals surface area contributed by atoms with Crippen molar-refractivity contribution in [3.63, 3.8) is 0 Å². The molecule has 104 valence electrons. The second-order valence-electron chi connectivity index (χ2n) is 3.92. The van der Waals surface area contributed by atoms with Crippen LogP contribution in [0.25, 0.3) is 0 Å². The number of anilines is 2. The van der Waals surface area contributed by atoms with Gasteiger partial charge in [-0.3, -0.25) is 0 Å². The zero-order chi connectivity index (χ0) is 13.0. The molecule has 0 aliphatic heterocycles. The molecule has 0 fully saturated rings. The molecule has 0 unspecified atom stereocenters.